The molecule has 0 saturated carbocycles. The molecule has 3 aromatic rings. The standard InChI is InChI=1S/C26H32FN6O3/c1-26(2,3)15-17-13-18(27)14-20-24(17)31-21(29-20)16-33-25(36)19(11-12-28-33)30-22(34)9-7-6-8-10-23(35)32(4)5/h8-14H,6-7,15-16H2,1-5H3,(H,29,31)(H,30,34)/b10-8+. The summed E-state index contributed by atoms with van der Waals surface area (Å²) in [6.07, 6.45) is 7.55. The fourth-order valence-corrected chi connectivity index (χ4v) is 3.61. The van der Waals surface area contributed by atoms with Crippen LogP contribution in [0.4, 0.5) is 10.1 Å². The van der Waals surface area contributed by atoms with Gasteiger partial charge in [-0.25, -0.2) is 14.1 Å². The number of fused-ring (bicyclic) bond motifs is 1. The van der Waals surface area contributed by atoms with Crippen LogP contribution in [0.15, 0.2) is 41.3 Å². The fraction of sp³-hybridized carbons (Fsp3) is 0.385. The van der Waals surface area contributed by atoms with Crippen LogP contribution in [0.3, 0.4) is 0 Å². The van der Waals surface area contributed by atoms with E-state index in [1.165, 1.54) is 46.5 Å². The Balaban J connectivity index is 1.68. The molecule has 2 aromatic heterocycles. The normalized spacial score (nSPS) is 11.8. The molecule has 36 heavy (non-hydrogen) atoms. The Morgan fingerprint density at radius 1 is 1.22 bits per heavy atom. The number of hydrogen-bond donors (Lipinski definition) is 2. The molecule has 9 nitrogen and oxygen atoms in total. The maximum Gasteiger partial charge on any atom is 0.290 e. The maximum atomic E-state index is 14.2. The number of anilines is 1. The number of imidazole rings is 1. The third-order valence-corrected chi connectivity index (χ3v) is 5.24. The lowest BCUT2D eigenvalue weighted by molar-refractivity contribution is -0.123. The molecule has 191 valence electrons. The minimum absolute atomic E-state index is 0.0300. The number of aromatic nitrogens is 4. The quantitative estimate of drug-likeness (QED) is 0.349. The van der Waals surface area contributed by atoms with Crippen molar-refractivity contribution in [2.45, 2.75) is 46.6 Å². The molecule has 3 rings (SSSR count). The average Bonchev–Trinajstić information content (AvgIpc) is 3.17. The monoisotopic (exact) mass is 495 g/mol. The topological polar surface area (TPSA) is 113 Å². The third kappa shape index (κ3) is 7.34. The fourth-order valence-electron chi connectivity index (χ4n) is 3.61. The number of benzene rings is 1. The number of hydrogen-bond acceptors (Lipinski definition) is 5. The summed E-state index contributed by atoms with van der Waals surface area (Å²) in [5.41, 5.74) is 1.58. The van der Waals surface area contributed by atoms with Crippen LogP contribution in [0.5, 0.6) is 0 Å². The second kappa shape index (κ2) is 11.3. The summed E-state index contributed by atoms with van der Waals surface area (Å²) < 4.78 is 15.3. The molecule has 1 radical (unpaired) electrons. The zero-order valence-corrected chi connectivity index (χ0v) is 21.3. The van der Waals surface area contributed by atoms with Crippen molar-refractivity contribution in [3.05, 3.63) is 70.5 Å². The van der Waals surface area contributed by atoms with Crippen molar-refractivity contribution in [1.29, 1.82) is 0 Å². The Kier molecular flexibility index (Phi) is 8.39. The van der Waals surface area contributed by atoms with Crippen LogP contribution in [0.1, 0.15) is 45.0 Å². The van der Waals surface area contributed by atoms with Gasteiger partial charge in [-0.05, 0) is 48.4 Å². The first-order valence-corrected chi connectivity index (χ1v) is 11.7. The van der Waals surface area contributed by atoms with Crippen LogP contribution in [0.25, 0.3) is 11.0 Å². The lowest BCUT2D eigenvalue weighted by Gasteiger charge is -2.18. The van der Waals surface area contributed by atoms with Gasteiger partial charge in [-0.3, -0.25) is 14.4 Å². The summed E-state index contributed by atoms with van der Waals surface area (Å²) in [4.78, 5) is 45.7. The van der Waals surface area contributed by atoms with Crippen LogP contribution in [0.2, 0.25) is 0 Å². The molecular weight excluding hydrogens is 463 g/mol. The van der Waals surface area contributed by atoms with Gasteiger partial charge in [0.05, 0.1) is 17.5 Å². The zero-order valence-electron chi connectivity index (χ0n) is 21.3. The Morgan fingerprint density at radius 2 is 1.97 bits per heavy atom. The molecule has 1 aromatic carbocycles. The number of H-pyrrole nitrogens is 1. The van der Waals surface area contributed by atoms with Gasteiger partial charge in [0.1, 0.15) is 23.9 Å². The van der Waals surface area contributed by atoms with Crippen molar-refractivity contribution in [1.82, 2.24) is 24.6 Å². The lowest BCUT2D eigenvalue weighted by atomic mass is 9.87. The number of carbonyl (C=O) groups excluding carboxylic acids is 2. The molecular formula is C26H32FN6O3. The predicted molar refractivity (Wildman–Crippen MR) is 137 cm³/mol. The van der Waals surface area contributed by atoms with Gasteiger partial charge in [0.2, 0.25) is 11.8 Å². The highest BCUT2D eigenvalue weighted by Crippen LogP contribution is 2.26. The van der Waals surface area contributed by atoms with Gasteiger partial charge in [0.25, 0.3) is 5.56 Å². The summed E-state index contributed by atoms with van der Waals surface area (Å²) in [6.45, 7) is 6.25. The zero-order chi connectivity index (χ0) is 26.5. The highest BCUT2D eigenvalue weighted by Gasteiger charge is 2.17. The summed E-state index contributed by atoms with van der Waals surface area (Å²) >= 11 is 0. The minimum atomic E-state index is -0.489. The van der Waals surface area contributed by atoms with Gasteiger partial charge >= 0.3 is 0 Å². The molecule has 0 bridgehead atoms. The van der Waals surface area contributed by atoms with E-state index in [2.05, 4.69) is 41.2 Å². The van der Waals surface area contributed by atoms with E-state index < -0.39 is 11.5 Å². The number of unbranched alkanes of at least 4 members (excludes halogenated alkanes) is 1. The smallest absolute Gasteiger partial charge is 0.290 e. The van der Waals surface area contributed by atoms with Gasteiger partial charge in [0, 0.05) is 26.4 Å². The van der Waals surface area contributed by atoms with Crippen LogP contribution >= 0.6 is 0 Å². The van der Waals surface area contributed by atoms with E-state index in [0.29, 0.717) is 30.6 Å². The third-order valence-electron chi connectivity index (χ3n) is 5.24. The first-order chi connectivity index (χ1) is 16.9. The largest absolute Gasteiger partial charge is 0.345 e. The van der Waals surface area contributed by atoms with Gasteiger partial charge < -0.3 is 15.2 Å². The first-order valence-electron chi connectivity index (χ1n) is 11.7. The van der Waals surface area contributed by atoms with Crippen molar-refractivity contribution in [2.75, 3.05) is 19.4 Å². The molecule has 10 heteroatoms. The number of carbonyl (C=O) groups is 2. The Morgan fingerprint density at radius 3 is 2.67 bits per heavy atom. The molecule has 2 amide bonds. The highest BCUT2D eigenvalue weighted by atomic mass is 19.1. The van der Waals surface area contributed by atoms with E-state index in [1.807, 2.05) is 0 Å². The molecule has 2 heterocycles. The average molecular weight is 496 g/mol. The van der Waals surface area contributed by atoms with Gasteiger partial charge in [-0.1, -0.05) is 26.8 Å². The van der Waals surface area contributed by atoms with Gasteiger partial charge in [0.15, 0.2) is 0 Å². The Bertz CT molecular complexity index is 1330. The lowest BCUT2D eigenvalue weighted by Crippen LogP contribution is -2.28. The van der Waals surface area contributed by atoms with E-state index >= 15 is 0 Å². The van der Waals surface area contributed by atoms with Crippen molar-refractivity contribution < 1.29 is 14.0 Å². The number of nitrogens with one attached hydrogen (secondary N) is 2. The number of aromatic amines is 1. The molecule has 2 N–H and O–H groups in total. The number of likely N-dealkylation sites (N-methyl/N-ethyl adjacent to an activating group) is 1. The molecule has 0 fully saturated rings. The summed E-state index contributed by atoms with van der Waals surface area (Å²) in [7, 11) is 3.32. The van der Waals surface area contributed by atoms with Crippen LogP contribution in [0, 0.1) is 17.7 Å². The SMILES string of the molecule is CN(C)C(=O)/C=C/CC[CH]C(=O)Nc1ccnn(Cc2nc3cc(F)cc(CC(C)(C)C)c3[nH]2)c1=O. The maximum absolute atomic E-state index is 14.2. The van der Waals surface area contributed by atoms with E-state index in [-0.39, 0.29) is 29.4 Å². The van der Waals surface area contributed by atoms with Crippen molar-refractivity contribution in [2.24, 2.45) is 5.41 Å². The number of rotatable bonds is 9. The minimum Gasteiger partial charge on any atom is -0.345 e. The second-order valence-electron chi connectivity index (χ2n) is 9.99. The number of halogens is 1. The molecule has 0 aliphatic carbocycles. The number of amides is 2. The summed E-state index contributed by atoms with van der Waals surface area (Å²) in [6, 6.07) is 4.29. The second-order valence-corrected chi connectivity index (χ2v) is 9.99. The van der Waals surface area contributed by atoms with Crippen molar-refractivity contribution in [3.63, 3.8) is 0 Å². The van der Waals surface area contributed by atoms with E-state index in [9.17, 15) is 18.8 Å². The Hall–Kier alpha value is -3.82. The first kappa shape index (κ1) is 26.8. The number of allylic oxidation sites excluding steroid dienone is 1. The summed E-state index contributed by atoms with van der Waals surface area (Å²) in [5.74, 6) is -0.467. The molecule has 0 spiro atoms. The van der Waals surface area contributed by atoms with E-state index in [0.717, 1.165) is 11.1 Å². The van der Waals surface area contributed by atoms with E-state index in [1.54, 1.807) is 20.2 Å². The van der Waals surface area contributed by atoms with Gasteiger partial charge in [-0.2, -0.15) is 5.10 Å². The van der Waals surface area contributed by atoms with Crippen LogP contribution in [-0.4, -0.2) is 50.6 Å². The summed E-state index contributed by atoms with van der Waals surface area (Å²) in [5, 5.41) is 6.67. The van der Waals surface area contributed by atoms with Crippen molar-refractivity contribution in [3.8, 4) is 0 Å². The van der Waals surface area contributed by atoms with Crippen molar-refractivity contribution >= 4 is 28.5 Å². The van der Waals surface area contributed by atoms with Crippen LogP contribution in [-0.2, 0) is 22.6 Å². The Labute approximate surface area is 209 Å². The van der Waals surface area contributed by atoms with Gasteiger partial charge in [-0.15, -0.1) is 0 Å². The van der Waals surface area contributed by atoms with Crippen LogP contribution < -0.4 is 10.9 Å². The molecule has 0 unspecified atom stereocenters. The van der Waals surface area contributed by atoms with E-state index in [4.69, 9.17) is 0 Å². The predicted octanol–water partition coefficient (Wildman–Crippen LogP) is 3.46. The highest BCUT2D eigenvalue weighted by molar-refractivity contribution is 5.96. The molecule has 0 atom stereocenters. The molecule has 0 saturated heterocycles. The molecule has 0 aliphatic rings. The molecule has 0 aliphatic heterocycles. The number of nitrogens with zero attached hydrogens (tertiary/aromatic N) is 4.